The zero-order valence-electron chi connectivity index (χ0n) is 7.84. The van der Waals surface area contributed by atoms with E-state index in [1.165, 1.54) is 5.56 Å². The fourth-order valence-corrected chi connectivity index (χ4v) is 2.44. The van der Waals surface area contributed by atoms with E-state index in [2.05, 4.69) is 6.20 Å². The predicted molar refractivity (Wildman–Crippen MR) is 49.7 cm³/mol. The molecule has 2 heteroatoms. The number of carbonyl (C=O) groups is 1. The Labute approximate surface area is 77.6 Å². The maximum Gasteiger partial charge on any atom is 0.170 e. The second kappa shape index (κ2) is 2.06. The second-order valence-corrected chi connectivity index (χ2v) is 4.47. The number of carbonyl (C=O) groups excluding carboxylic acids is 1. The van der Waals surface area contributed by atoms with Gasteiger partial charge in [-0.2, -0.15) is 0 Å². The molecule has 0 unspecified atom stereocenters. The van der Waals surface area contributed by atoms with Gasteiger partial charge in [-0.25, -0.2) is 0 Å². The smallest absolute Gasteiger partial charge is 0.170 e. The first-order valence-corrected chi connectivity index (χ1v) is 4.91. The van der Waals surface area contributed by atoms with E-state index in [-0.39, 0.29) is 5.41 Å². The van der Waals surface area contributed by atoms with Gasteiger partial charge in [0.1, 0.15) is 0 Å². The fraction of sp³-hybridized carbons (Fsp3) is 0.545. The van der Waals surface area contributed by atoms with Crippen molar-refractivity contribution >= 4 is 5.78 Å². The van der Waals surface area contributed by atoms with E-state index in [0.29, 0.717) is 5.78 Å². The van der Waals surface area contributed by atoms with E-state index in [0.717, 1.165) is 31.2 Å². The molecule has 1 heterocycles. The zero-order chi connectivity index (χ0) is 9.05. The average molecular weight is 175 g/mol. The number of rotatable bonds is 0. The van der Waals surface area contributed by atoms with Crippen molar-refractivity contribution in [1.29, 1.82) is 0 Å². The van der Waals surface area contributed by atoms with Gasteiger partial charge in [-0.1, -0.05) is 0 Å². The summed E-state index contributed by atoms with van der Waals surface area (Å²) in [5.74, 6) is 0.411. The Balaban J connectivity index is 2.12. The van der Waals surface area contributed by atoms with Crippen molar-refractivity contribution < 1.29 is 4.79 Å². The van der Waals surface area contributed by atoms with Crippen molar-refractivity contribution in [3.05, 3.63) is 23.5 Å². The molecular weight excluding hydrogens is 162 g/mol. The summed E-state index contributed by atoms with van der Waals surface area (Å²) in [6, 6.07) is 0. The summed E-state index contributed by atoms with van der Waals surface area (Å²) in [5, 5.41) is 0. The summed E-state index contributed by atoms with van der Waals surface area (Å²) in [7, 11) is 1.99. The van der Waals surface area contributed by atoms with Crippen LogP contribution in [0.2, 0.25) is 0 Å². The lowest BCUT2D eigenvalue weighted by Gasteiger charge is -2.19. The Morgan fingerprint density at radius 3 is 2.77 bits per heavy atom. The first-order valence-electron chi connectivity index (χ1n) is 4.91. The van der Waals surface area contributed by atoms with E-state index < -0.39 is 0 Å². The van der Waals surface area contributed by atoms with Crippen LogP contribution in [0.1, 0.15) is 35.2 Å². The van der Waals surface area contributed by atoms with Gasteiger partial charge in [0.15, 0.2) is 5.78 Å². The molecule has 1 spiro atoms. The molecule has 0 aromatic carbocycles. The third-order valence-corrected chi connectivity index (χ3v) is 3.49. The molecule has 3 rings (SSSR count). The molecule has 0 saturated heterocycles. The van der Waals surface area contributed by atoms with E-state index in [4.69, 9.17) is 0 Å². The number of aromatic nitrogens is 1. The van der Waals surface area contributed by atoms with Gasteiger partial charge in [0, 0.05) is 30.4 Å². The lowest BCUT2D eigenvalue weighted by molar-refractivity contribution is 0.0881. The Morgan fingerprint density at radius 1 is 1.31 bits per heavy atom. The molecule has 68 valence electrons. The lowest BCUT2D eigenvalue weighted by Crippen LogP contribution is -2.22. The van der Waals surface area contributed by atoms with Gasteiger partial charge in [-0.15, -0.1) is 0 Å². The Kier molecular flexibility index (Phi) is 1.17. The number of ketones is 1. The molecule has 0 aliphatic heterocycles. The Bertz CT molecular complexity index is 385. The molecule has 1 saturated carbocycles. The van der Waals surface area contributed by atoms with Crippen LogP contribution in [0, 0.1) is 5.41 Å². The van der Waals surface area contributed by atoms with Gasteiger partial charge < -0.3 is 4.57 Å². The number of nitrogens with zero attached hydrogens (tertiary/aromatic N) is 1. The maximum atomic E-state index is 12.0. The minimum absolute atomic E-state index is 0.0916. The van der Waals surface area contributed by atoms with Crippen molar-refractivity contribution in [2.24, 2.45) is 12.5 Å². The summed E-state index contributed by atoms with van der Waals surface area (Å²) >= 11 is 0. The molecule has 0 radical (unpaired) electrons. The van der Waals surface area contributed by atoms with Gasteiger partial charge in [-0.3, -0.25) is 4.79 Å². The number of aryl methyl sites for hydroxylation is 2. The molecule has 2 aliphatic rings. The first kappa shape index (κ1) is 7.36. The van der Waals surface area contributed by atoms with Crippen LogP contribution >= 0.6 is 0 Å². The Hall–Kier alpha value is -1.05. The summed E-state index contributed by atoms with van der Waals surface area (Å²) < 4.78 is 2.00. The molecule has 1 aromatic rings. The zero-order valence-corrected chi connectivity index (χ0v) is 7.84. The summed E-state index contributed by atoms with van der Waals surface area (Å²) in [6.07, 6.45) is 8.50. The van der Waals surface area contributed by atoms with Crippen LogP contribution in [0.3, 0.4) is 0 Å². The molecule has 13 heavy (non-hydrogen) atoms. The third kappa shape index (κ3) is 0.859. The van der Waals surface area contributed by atoms with E-state index in [9.17, 15) is 4.79 Å². The van der Waals surface area contributed by atoms with Crippen LogP contribution in [-0.4, -0.2) is 10.4 Å². The molecule has 0 bridgehead atoms. The predicted octanol–water partition coefficient (Wildman–Crippen LogP) is 1.93. The lowest BCUT2D eigenvalue weighted by atomic mass is 9.82. The molecule has 1 fully saturated rings. The molecule has 0 amide bonds. The number of hydrogen-bond donors (Lipinski definition) is 0. The highest BCUT2D eigenvalue weighted by molar-refractivity contribution is 6.04. The summed E-state index contributed by atoms with van der Waals surface area (Å²) in [5.41, 5.74) is 2.34. The van der Waals surface area contributed by atoms with Crippen molar-refractivity contribution in [2.75, 3.05) is 0 Å². The van der Waals surface area contributed by atoms with Crippen molar-refractivity contribution in [3.63, 3.8) is 0 Å². The highest BCUT2D eigenvalue weighted by atomic mass is 16.1. The molecular formula is C11H13NO. The van der Waals surface area contributed by atoms with E-state index in [1.807, 2.05) is 17.8 Å². The van der Waals surface area contributed by atoms with Crippen LogP contribution in [0.25, 0.3) is 0 Å². The fourth-order valence-electron chi connectivity index (χ4n) is 2.44. The number of fused-ring (bicyclic) bond motifs is 1. The quantitative estimate of drug-likeness (QED) is 0.590. The van der Waals surface area contributed by atoms with Crippen LogP contribution in [0.4, 0.5) is 0 Å². The number of Topliss-reactive ketones (excluding diaryl/α,β-unsaturated/α-hetero) is 1. The average Bonchev–Trinajstić information content (AvgIpc) is 2.78. The van der Waals surface area contributed by atoms with Gasteiger partial charge >= 0.3 is 0 Å². The van der Waals surface area contributed by atoms with Gasteiger partial charge in [-0.05, 0) is 31.2 Å². The highest BCUT2D eigenvalue weighted by Crippen LogP contribution is 2.54. The van der Waals surface area contributed by atoms with Crippen LogP contribution in [0.15, 0.2) is 12.4 Å². The maximum absolute atomic E-state index is 12.0. The van der Waals surface area contributed by atoms with Crippen LogP contribution < -0.4 is 0 Å². The molecule has 0 N–H and O–H groups in total. The summed E-state index contributed by atoms with van der Waals surface area (Å²) in [4.78, 5) is 12.0. The molecule has 2 aliphatic carbocycles. The van der Waals surface area contributed by atoms with Crippen LogP contribution in [-0.2, 0) is 13.5 Å². The minimum Gasteiger partial charge on any atom is -0.356 e. The SMILES string of the molecule is Cn1cc2c(c1)C(=O)C1(CC2)CC1. The van der Waals surface area contributed by atoms with Crippen molar-refractivity contribution in [3.8, 4) is 0 Å². The topological polar surface area (TPSA) is 22.0 Å². The molecule has 0 atom stereocenters. The summed E-state index contributed by atoms with van der Waals surface area (Å²) in [6.45, 7) is 0. The standard InChI is InChI=1S/C11H13NO/c1-12-6-8-2-3-11(4-5-11)10(13)9(8)7-12/h6-7H,2-5H2,1H3. The normalized spacial score (nSPS) is 23.3. The largest absolute Gasteiger partial charge is 0.356 e. The highest BCUT2D eigenvalue weighted by Gasteiger charge is 2.51. The molecule has 1 aromatic heterocycles. The van der Waals surface area contributed by atoms with E-state index in [1.54, 1.807) is 0 Å². The molecule has 2 nitrogen and oxygen atoms in total. The monoisotopic (exact) mass is 175 g/mol. The minimum atomic E-state index is 0.0916. The van der Waals surface area contributed by atoms with Crippen molar-refractivity contribution in [2.45, 2.75) is 25.7 Å². The number of hydrogen-bond acceptors (Lipinski definition) is 1. The third-order valence-electron chi connectivity index (χ3n) is 3.49. The van der Waals surface area contributed by atoms with Gasteiger partial charge in [0.05, 0.1) is 0 Å². The Morgan fingerprint density at radius 2 is 2.08 bits per heavy atom. The van der Waals surface area contributed by atoms with Crippen LogP contribution in [0.5, 0.6) is 0 Å². The van der Waals surface area contributed by atoms with E-state index >= 15 is 0 Å². The second-order valence-electron chi connectivity index (χ2n) is 4.47. The van der Waals surface area contributed by atoms with Gasteiger partial charge in [0.25, 0.3) is 0 Å². The first-order chi connectivity index (χ1) is 6.21. The van der Waals surface area contributed by atoms with Gasteiger partial charge in [0.2, 0.25) is 0 Å². The van der Waals surface area contributed by atoms with Crippen molar-refractivity contribution in [1.82, 2.24) is 4.57 Å².